The maximum absolute atomic E-state index is 12.9. The Hall–Kier alpha value is -3.26. The maximum Gasteiger partial charge on any atom is 0.256 e. The van der Waals surface area contributed by atoms with Crippen molar-refractivity contribution in [3.05, 3.63) is 53.7 Å². The average Bonchev–Trinajstić information content (AvgIpc) is 3.21. The molecular formula is C23H25N7O. The lowest BCUT2D eigenvalue weighted by atomic mass is 10.1. The van der Waals surface area contributed by atoms with Crippen LogP contribution in [0.25, 0.3) is 16.6 Å². The molecule has 1 aliphatic heterocycles. The van der Waals surface area contributed by atoms with Gasteiger partial charge in [0.2, 0.25) is 0 Å². The van der Waals surface area contributed by atoms with Crippen LogP contribution in [0.5, 0.6) is 0 Å². The first-order valence-electron chi connectivity index (χ1n) is 10.9. The van der Waals surface area contributed by atoms with Crippen molar-refractivity contribution in [1.29, 1.82) is 0 Å². The van der Waals surface area contributed by atoms with Crippen molar-refractivity contribution in [2.75, 3.05) is 18.9 Å². The third-order valence-corrected chi connectivity index (χ3v) is 6.56. The molecule has 1 N–H and O–H groups in total. The standard InChI is InChI=1S/C23H25N7O/c1-28-9-3-4-19(28)17-12-30-13-20(26-21(14-5-6-14)22(30)25-17)27-23(31)15-7-8-18-16(10-15)11-24-29(18)2/h7-8,10-14,19H,3-6,9H2,1-2H3,(H,27,31)/t19-/m1/s1. The first-order chi connectivity index (χ1) is 15.1. The van der Waals surface area contributed by atoms with E-state index in [9.17, 15) is 4.79 Å². The fourth-order valence-electron chi connectivity index (χ4n) is 4.67. The van der Waals surface area contributed by atoms with E-state index in [0.717, 1.165) is 53.7 Å². The second-order valence-corrected chi connectivity index (χ2v) is 8.82. The lowest BCUT2D eigenvalue weighted by Crippen LogP contribution is -2.17. The van der Waals surface area contributed by atoms with E-state index >= 15 is 0 Å². The molecule has 1 aliphatic carbocycles. The Morgan fingerprint density at radius 3 is 2.77 bits per heavy atom. The predicted octanol–water partition coefficient (Wildman–Crippen LogP) is 3.51. The molecule has 158 valence electrons. The number of amides is 1. The molecule has 2 aliphatic rings. The Kier molecular flexibility index (Phi) is 4.11. The summed E-state index contributed by atoms with van der Waals surface area (Å²) in [5.41, 5.74) is 4.60. The molecule has 1 amide bonds. The van der Waals surface area contributed by atoms with Crippen molar-refractivity contribution in [1.82, 2.24) is 29.0 Å². The van der Waals surface area contributed by atoms with E-state index in [1.807, 2.05) is 35.8 Å². The average molecular weight is 416 g/mol. The quantitative estimate of drug-likeness (QED) is 0.552. The van der Waals surface area contributed by atoms with Crippen LogP contribution in [0.1, 0.15) is 59.4 Å². The zero-order valence-electron chi connectivity index (χ0n) is 17.7. The van der Waals surface area contributed by atoms with Crippen LogP contribution in [0.15, 0.2) is 36.8 Å². The van der Waals surface area contributed by atoms with Crippen LogP contribution < -0.4 is 5.32 Å². The van der Waals surface area contributed by atoms with Gasteiger partial charge in [0.05, 0.1) is 35.3 Å². The zero-order valence-corrected chi connectivity index (χ0v) is 17.7. The van der Waals surface area contributed by atoms with Gasteiger partial charge in [0.15, 0.2) is 5.65 Å². The van der Waals surface area contributed by atoms with Gasteiger partial charge in [-0.2, -0.15) is 5.10 Å². The van der Waals surface area contributed by atoms with Gasteiger partial charge < -0.3 is 9.72 Å². The summed E-state index contributed by atoms with van der Waals surface area (Å²) in [6, 6.07) is 5.97. The highest BCUT2D eigenvalue weighted by Gasteiger charge is 2.31. The molecule has 0 spiro atoms. The molecule has 4 aromatic rings. The first-order valence-corrected chi connectivity index (χ1v) is 10.9. The Morgan fingerprint density at radius 1 is 1.13 bits per heavy atom. The predicted molar refractivity (Wildman–Crippen MR) is 118 cm³/mol. The second-order valence-electron chi connectivity index (χ2n) is 8.82. The summed E-state index contributed by atoms with van der Waals surface area (Å²) in [6.07, 6.45) is 10.3. The maximum atomic E-state index is 12.9. The number of hydrogen-bond donors (Lipinski definition) is 1. The molecule has 6 rings (SSSR count). The van der Waals surface area contributed by atoms with Crippen molar-refractivity contribution < 1.29 is 4.79 Å². The van der Waals surface area contributed by atoms with Crippen LogP contribution in [-0.2, 0) is 7.05 Å². The summed E-state index contributed by atoms with van der Waals surface area (Å²) in [5, 5.41) is 8.19. The molecule has 2 fully saturated rings. The van der Waals surface area contributed by atoms with Crippen molar-refractivity contribution >= 4 is 28.3 Å². The minimum absolute atomic E-state index is 0.171. The fourth-order valence-corrected chi connectivity index (χ4v) is 4.67. The summed E-state index contributed by atoms with van der Waals surface area (Å²) in [5.74, 6) is 0.826. The number of nitrogens with one attached hydrogen (secondary N) is 1. The van der Waals surface area contributed by atoms with Crippen LogP contribution >= 0.6 is 0 Å². The van der Waals surface area contributed by atoms with E-state index in [-0.39, 0.29) is 5.91 Å². The minimum atomic E-state index is -0.171. The van der Waals surface area contributed by atoms with E-state index < -0.39 is 0 Å². The number of anilines is 1. The third-order valence-electron chi connectivity index (χ3n) is 6.56. The first kappa shape index (κ1) is 18.5. The number of imidazole rings is 1. The molecule has 4 heterocycles. The van der Waals surface area contributed by atoms with E-state index in [4.69, 9.17) is 9.97 Å². The topological polar surface area (TPSA) is 80.4 Å². The number of fused-ring (bicyclic) bond motifs is 2. The van der Waals surface area contributed by atoms with Crippen LogP contribution in [0.4, 0.5) is 5.82 Å². The number of rotatable bonds is 4. The van der Waals surface area contributed by atoms with Gasteiger partial charge in [-0.25, -0.2) is 9.97 Å². The summed E-state index contributed by atoms with van der Waals surface area (Å²) in [4.78, 5) is 25.1. The van der Waals surface area contributed by atoms with Crippen LogP contribution in [0, 0.1) is 0 Å². The van der Waals surface area contributed by atoms with Crippen molar-refractivity contribution in [2.24, 2.45) is 7.05 Å². The summed E-state index contributed by atoms with van der Waals surface area (Å²) in [6.45, 7) is 1.11. The van der Waals surface area contributed by atoms with Gasteiger partial charge in [0, 0.05) is 30.1 Å². The van der Waals surface area contributed by atoms with Gasteiger partial charge in [0.1, 0.15) is 5.82 Å². The number of benzene rings is 1. The highest BCUT2D eigenvalue weighted by atomic mass is 16.1. The molecule has 1 saturated heterocycles. The van der Waals surface area contributed by atoms with Crippen molar-refractivity contribution in [3.8, 4) is 0 Å². The highest BCUT2D eigenvalue weighted by Crippen LogP contribution is 2.41. The van der Waals surface area contributed by atoms with Gasteiger partial charge in [-0.1, -0.05) is 0 Å². The molecular weight excluding hydrogens is 390 g/mol. The van der Waals surface area contributed by atoms with Gasteiger partial charge in [-0.3, -0.25) is 14.4 Å². The molecule has 8 nitrogen and oxygen atoms in total. The fraction of sp³-hybridized carbons (Fsp3) is 0.391. The number of likely N-dealkylation sites (tertiary alicyclic amines) is 1. The van der Waals surface area contributed by atoms with E-state index in [2.05, 4.69) is 28.6 Å². The molecule has 8 heteroatoms. The number of hydrogen-bond acceptors (Lipinski definition) is 5. The molecule has 1 atom stereocenters. The molecule has 0 unspecified atom stereocenters. The number of carbonyl (C=O) groups is 1. The lowest BCUT2D eigenvalue weighted by Gasteiger charge is -2.16. The molecule has 0 bridgehead atoms. The van der Waals surface area contributed by atoms with Gasteiger partial charge in [0.25, 0.3) is 5.91 Å². The van der Waals surface area contributed by atoms with Gasteiger partial charge >= 0.3 is 0 Å². The van der Waals surface area contributed by atoms with E-state index in [1.165, 1.54) is 6.42 Å². The summed E-state index contributed by atoms with van der Waals surface area (Å²) in [7, 11) is 4.05. The monoisotopic (exact) mass is 415 g/mol. The molecule has 3 aromatic heterocycles. The SMILES string of the molecule is CN1CCC[C@@H]1c1cn2cc(NC(=O)c3ccc4c(cnn4C)c3)nc(C3CC3)c2n1. The lowest BCUT2D eigenvalue weighted by molar-refractivity contribution is 0.102. The Morgan fingerprint density at radius 2 is 2.00 bits per heavy atom. The second kappa shape index (κ2) is 6.88. The van der Waals surface area contributed by atoms with Gasteiger partial charge in [-0.15, -0.1) is 0 Å². The smallest absolute Gasteiger partial charge is 0.256 e. The Bertz CT molecular complexity index is 1320. The Labute approximate surface area is 179 Å². The molecule has 0 radical (unpaired) electrons. The normalized spacial score (nSPS) is 19.5. The molecule has 31 heavy (non-hydrogen) atoms. The number of aryl methyl sites for hydroxylation is 1. The molecule has 1 aromatic carbocycles. The van der Waals surface area contributed by atoms with Crippen molar-refractivity contribution in [2.45, 2.75) is 37.6 Å². The van der Waals surface area contributed by atoms with E-state index in [0.29, 0.717) is 23.3 Å². The van der Waals surface area contributed by atoms with Crippen LogP contribution in [0.3, 0.4) is 0 Å². The van der Waals surface area contributed by atoms with Crippen molar-refractivity contribution in [3.63, 3.8) is 0 Å². The minimum Gasteiger partial charge on any atom is -0.305 e. The molecule has 1 saturated carbocycles. The van der Waals surface area contributed by atoms with E-state index in [1.54, 1.807) is 10.9 Å². The highest BCUT2D eigenvalue weighted by molar-refractivity contribution is 6.05. The third kappa shape index (κ3) is 3.18. The van der Waals surface area contributed by atoms with Crippen LogP contribution in [0.2, 0.25) is 0 Å². The summed E-state index contributed by atoms with van der Waals surface area (Å²) < 4.78 is 3.84. The number of aromatic nitrogens is 5. The number of carbonyl (C=O) groups excluding carboxylic acids is 1. The Balaban J connectivity index is 1.34. The van der Waals surface area contributed by atoms with Crippen LogP contribution in [-0.4, -0.2) is 48.5 Å². The zero-order chi connectivity index (χ0) is 21.1. The van der Waals surface area contributed by atoms with Gasteiger partial charge in [-0.05, 0) is 57.5 Å². The summed E-state index contributed by atoms with van der Waals surface area (Å²) >= 11 is 0. The number of nitrogens with zero attached hydrogens (tertiary/aromatic N) is 6. The largest absolute Gasteiger partial charge is 0.305 e.